The predicted molar refractivity (Wildman–Crippen MR) is 89.5 cm³/mol. The van der Waals surface area contributed by atoms with Gasteiger partial charge in [0.2, 0.25) is 0 Å². The summed E-state index contributed by atoms with van der Waals surface area (Å²) in [6.45, 7) is 0. The van der Waals surface area contributed by atoms with Crippen LogP contribution in [-0.4, -0.2) is 25.0 Å². The largest absolute Gasteiger partial charge is 0.481 e. The molecule has 0 bridgehead atoms. The molecule has 1 aliphatic heterocycles. The molecule has 3 rings (SSSR count). The second kappa shape index (κ2) is 6.51. The Morgan fingerprint density at radius 2 is 1.73 bits per heavy atom. The topological polar surface area (TPSA) is 74.7 Å². The molecule has 0 saturated heterocycles. The third-order valence-corrected chi connectivity index (χ3v) is 6.44. The highest BCUT2D eigenvalue weighted by molar-refractivity contribution is 8.00. The fourth-order valence-corrected chi connectivity index (χ4v) is 5.29. The molecule has 2 aromatic rings. The molecular weight excluding hydrogens is 391 g/mol. The first kappa shape index (κ1) is 18.6. The van der Waals surface area contributed by atoms with Gasteiger partial charge < -0.3 is 5.11 Å². The number of rotatable bonds is 4. The first-order valence-electron chi connectivity index (χ1n) is 7.30. The lowest BCUT2D eigenvalue weighted by Crippen LogP contribution is -2.29. The molecule has 138 valence electrons. The van der Waals surface area contributed by atoms with Gasteiger partial charge in [-0.25, -0.2) is 8.42 Å². The zero-order valence-electron chi connectivity index (χ0n) is 13.0. The van der Waals surface area contributed by atoms with E-state index in [4.69, 9.17) is 5.11 Å². The van der Waals surface area contributed by atoms with Crippen LogP contribution >= 0.6 is 11.8 Å². The van der Waals surface area contributed by atoms with Crippen molar-refractivity contribution in [3.8, 4) is 0 Å². The molecule has 1 unspecified atom stereocenters. The van der Waals surface area contributed by atoms with Crippen molar-refractivity contribution in [1.82, 2.24) is 0 Å². The summed E-state index contributed by atoms with van der Waals surface area (Å²) in [4.78, 5) is 11.1. The summed E-state index contributed by atoms with van der Waals surface area (Å²) < 4.78 is 64.0. The minimum absolute atomic E-state index is 0.00000643. The SMILES string of the molecule is O=C(O)CC1c2ccccc2S(=O)(=O)N1c1ccc(SC(F)(F)F)cc1. The van der Waals surface area contributed by atoms with E-state index < -0.39 is 34.0 Å². The number of alkyl halides is 3. The van der Waals surface area contributed by atoms with Gasteiger partial charge >= 0.3 is 11.5 Å². The number of nitrogens with zero attached hydrogens (tertiary/aromatic N) is 1. The number of hydrogen-bond donors (Lipinski definition) is 1. The van der Waals surface area contributed by atoms with Crippen LogP contribution in [0.5, 0.6) is 0 Å². The van der Waals surface area contributed by atoms with E-state index in [1.165, 1.54) is 30.3 Å². The lowest BCUT2D eigenvalue weighted by atomic mass is 10.0. The van der Waals surface area contributed by atoms with E-state index in [1.54, 1.807) is 6.07 Å². The van der Waals surface area contributed by atoms with Gasteiger partial charge in [-0.05, 0) is 47.7 Å². The van der Waals surface area contributed by atoms with E-state index in [0.29, 0.717) is 5.56 Å². The average molecular weight is 403 g/mol. The first-order chi connectivity index (χ1) is 12.1. The van der Waals surface area contributed by atoms with Crippen molar-refractivity contribution >= 4 is 33.4 Å². The number of carboxylic acids is 1. The molecule has 10 heteroatoms. The third kappa shape index (κ3) is 3.51. The Morgan fingerprint density at radius 3 is 2.31 bits per heavy atom. The molecule has 0 aliphatic carbocycles. The molecule has 5 nitrogen and oxygen atoms in total. The summed E-state index contributed by atoms with van der Waals surface area (Å²) >= 11 is -0.311. The minimum atomic E-state index is -4.46. The van der Waals surface area contributed by atoms with E-state index in [0.717, 1.165) is 16.4 Å². The van der Waals surface area contributed by atoms with Crippen molar-refractivity contribution in [2.24, 2.45) is 0 Å². The molecule has 0 spiro atoms. The molecule has 0 saturated carbocycles. The summed E-state index contributed by atoms with van der Waals surface area (Å²) in [5, 5.41) is 9.16. The summed E-state index contributed by atoms with van der Waals surface area (Å²) in [5.41, 5.74) is -3.99. The van der Waals surface area contributed by atoms with E-state index in [-0.39, 0.29) is 27.2 Å². The standard InChI is InChI=1S/C16H12F3NO4S2/c17-16(18,19)25-11-7-5-10(6-8-11)20-13(9-15(21)22)12-3-1-2-4-14(12)26(20,23)24/h1-8,13H,9H2,(H,21,22). The van der Waals surface area contributed by atoms with Crippen molar-refractivity contribution in [2.75, 3.05) is 4.31 Å². The van der Waals surface area contributed by atoms with E-state index in [2.05, 4.69) is 0 Å². The van der Waals surface area contributed by atoms with Crippen LogP contribution < -0.4 is 4.31 Å². The number of sulfonamides is 1. The van der Waals surface area contributed by atoms with Crippen LogP contribution in [0.3, 0.4) is 0 Å². The number of carbonyl (C=O) groups is 1. The van der Waals surface area contributed by atoms with Crippen molar-refractivity contribution in [2.45, 2.75) is 27.8 Å². The maximum Gasteiger partial charge on any atom is 0.446 e. The van der Waals surface area contributed by atoms with Gasteiger partial charge in [0.15, 0.2) is 0 Å². The zero-order chi connectivity index (χ0) is 19.1. The Bertz CT molecular complexity index is 943. The molecule has 1 aliphatic rings. The van der Waals surface area contributed by atoms with Crippen LogP contribution in [0.25, 0.3) is 0 Å². The molecule has 1 N–H and O–H groups in total. The summed E-state index contributed by atoms with van der Waals surface area (Å²) in [5.74, 6) is -1.18. The molecule has 0 amide bonds. The van der Waals surface area contributed by atoms with E-state index in [9.17, 15) is 26.4 Å². The zero-order valence-corrected chi connectivity index (χ0v) is 14.6. The van der Waals surface area contributed by atoms with Gasteiger partial charge in [-0.3, -0.25) is 9.10 Å². The molecule has 0 fully saturated rings. The van der Waals surface area contributed by atoms with Crippen LogP contribution in [0.1, 0.15) is 18.0 Å². The van der Waals surface area contributed by atoms with Crippen molar-refractivity contribution < 1.29 is 31.5 Å². The van der Waals surface area contributed by atoms with Crippen LogP contribution in [0.15, 0.2) is 58.3 Å². The second-order valence-electron chi connectivity index (χ2n) is 5.49. The summed E-state index contributed by atoms with van der Waals surface area (Å²) in [6.07, 6.45) is -0.463. The lowest BCUT2D eigenvalue weighted by Gasteiger charge is -2.24. The van der Waals surface area contributed by atoms with Gasteiger partial charge in [0.05, 0.1) is 23.0 Å². The fraction of sp³-hybridized carbons (Fsp3) is 0.188. The Balaban J connectivity index is 2.03. The Labute approximate surface area is 151 Å². The third-order valence-electron chi connectivity index (χ3n) is 3.79. The van der Waals surface area contributed by atoms with E-state index in [1.807, 2.05) is 0 Å². The lowest BCUT2D eigenvalue weighted by molar-refractivity contribution is -0.137. The van der Waals surface area contributed by atoms with Gasteiger partial charge in [-0.15, -0.1) is 0 Å². The Hall–Kier alpha value is -2.20. The highest BCUT2D eigenvalue weighted by Gasteiger charge is 2.43. The van der Waals surface area contributed by atoms with Gasteiger partial charge in [-0.2, -0.15) is 13.2 Å². The fourth-order valence-electron chi connectivity index (χ4n) is 2.86. The summed E-state index contributed by atoms with van der Waals surface area (Å²) in [7, 11) is -4.00. The number of carboxylic acid groups (broad SMARTS) is 1. The normalized spacial score (nSPS) is 18.6. The number of benzene rings is 2. The molecular formula is C16H12F3NO4S2. The monoisotopic (exact) mass is 403 g/mol. The maximum atomic E-state index is 12.8. The number of thioether (sulfide) groups is 1. The highest BCUT2D eigenvalue weighted by atomic mass is 32.2. The van der Waals surface area contributed by atoms with Crippen LogP contribution in [-0.2, 0) is 14.8 Å². The maximum absolute atomic E-state index is 12.8. The molecule has 1 heterocycles. The van der Waals surface area contributed by atoms with Crippen LogP contribution in [0.4, 0.5) is 18.9 Å². The van der Waals surface area contributed by atoms with Gasteiger partial charge in [-0.1, -0.05) is 18.2 Å². The van der Waals surface area contributed by atoms with E-state index >= 15 is 0 Å². The molecule has 26 heavy (non-hydrogen) atoms. The number of anilines is 1. The summed E-state index contributed by atoms with van der Waals surface area (Å²) in [6, 6.07) is 9.89. The Morgan fingerprint density at radius 1 is 1.12 bits per heavy atom. The van der Waals surface area contributed by atoms with Crippen LogP contribution in [0.2, 0.25) is 0 Å². The van der Waals surface area contributed by atoms with Crippen LogP contribution in [0, 0.1) is 0 Å². The predicted octanol–water partition coefficient (Wildman–Crippen LogP) is 4.02. The molecule has 0 radical (unpaired) electrons. The van der Waals surface area contributed by atoms with Gasteiger partial charge in [0.1, 0.15) is 0 Å². The van der Waals surface area contributed by atoms with Crippen molar-refractivity contribution in [3.63, 3.8) is 0 Å². The van der Waals surface area contributed by atoms with Gasteiger partial charge in [0.25, 0.3) is 10.0 Å². The smallest absolute Gasteiger partial charge is 0.446 e. The molecule has 1 atom stereocenters. The minimum Gasteiger partial charge on any atom is -0.481 e. The average Bonchev–Trinajstić information content (AvgIpc) is 2.75. The van der Waals surface area contributed by atoms with Crippen molar-refractivity contribution in [1.29, 1.82) is 0 Å². The van der Waals surface area contributed by atoms with Gasteiger partial charge in [0, 0.05) is 4.90 Å². The molecule has 0 aromatic heterocycles. The quantitative estimate of drug-likeness (QED) is 0.781. The number of hydrogen-bond acceptors (Lipinski definition) is 4. The second-order valence-corrected chi connectivity index (χ2v) is 8.42. The Kier molecular flexibility index (Phi) is 4.65. The van der Waals surface area contributed by atoms with Crippen molar-refractivity contribution in [3.05, 3.63) is 54.1 Å². The number of aliphatic carboxylic acids is 1. The number of halogens is 3. The molecule has 2 aromatic carbocycles. The first-order valence-corrected chi connectivity index (χ1v) is 9.56. The number of fused-ring (bicyclic) bond motifs is 1. The highest BCUT2D eigenvalue weighted by Crippen LogP contribution is 2.45.